The molecule has 6 nitrogen and oxygen atoms in total. The van der Waals surface area contributed by atoms with Crippen LogP contribution in [0.3, 0.4) is 0 Å². The number of hydrogen-bond donors (Lipinski definition) is 1. The van der Waals surface area contributed by atoms with Gasteiger partial charge in [-0.25, -0.2) is 8.42 Å². The molecule has 7 heteroatoms. The molecule has 2 aromatic carbocycles. The highest BCUT2D eigenvalue weighted by atomic mass is 32.2. The van der Waals surface area contributed by atoms with Gasteiger partial charge in [0.25, 0.3) is 5.91 Å². The molecule has 1 N–H and O–H groups in total. The van der Waals surface area contributed by atoms with Crippen LogP contribution in [0.1, 0.15) is 17.5 Å². The van der Waals surface area contributed by atoms with Crippen molar-refractivity contribution in [2.75, 3.05) is 17.7 Å². The highest BCUT2D eigenvalue weighted by molar-refractivity contribution is 7.91. The molecule has 0 aromatic heterocycles. The lowest BCUT2D eigenvalue weighted by Crippen LogP contribution is -2.22. The van der Waals surface area contributed by atoms with Crippen molar-refractivity contribution in [1.29, 1.82) is 0 Å². The van der Waals surface area contributed by atoms with Gasteiger partial charge in [-0.3, -0.25) is 9.59 Å². The van der Waals surface area contributed by atoms with E-state index in [2.05, 4.69) is 5.32 Å². The number of esters is 1. The number of hydrogen-bond acceptors (Lipinski definition) is 5. The average molecular weight is 375 g/mol. The Hall–Kier alpha value is -2.67. The zero-order chi connectivity index (χ0) is 19.2. The molecule has 0 aliphatic carbocycles. The van der Waals surface area contributed by atoms with Gasteiger partial charge in [0.15, 0.2) is 16.4 Å². The summed E-state index contributed by atoms with van der Waals surface area (Å²) in [4.78, 5) is 23.7. The van der Waals surface area contributed by atoms with E-state index in [9.17, 15) is 18.0 Å². The van der Waals surface area contributed by atoms with Crippen LogP contribution in [0.5, 0.6) is 0 Å². The lowest BCUT2D eigenvalue weighted by Gasteiger charge is -2.08. The van der Waals surface area contributed by atoms with Gasteiger partial charge in [-0.2, -0.15) is 0 Å². The summed E-state index contributed by atoms with van der Waals surface area (Å²) in [5.41, 5.74) is 2.54. The molecule has 0 atom stereocenters. The fraction of sp³-hybridized carbons (Fsp3) is 0.263. The molecule has 26 heavy (non-hydrogen) atoms. The summed E-state index contributed by atoms with van der Waals surface area (Å²) in [5.74, 6) is -1.58. The highest BCUT2D eigenvalue weighted by Gasteiger charge is 2.17. The minimum absolute atomic E-state index is 0.160. The number of sulfone groups is 1. The molecular formula is C19H21NO5S. The van der Waals surface area contributed by atoms with Crippen LogP contribution in [-0.2, 0) is 24.2 Å². The molecule has 0 saturated carbocycles. The average Bonchev–Trinajstić information content (AvgIpc) is 2.59. The second kappa shape index (κ2) is 8.62. The van der Waals surface area contributed by atoms with Gasteiger partial charge in [0, 0.05) is 5.69 Å². The number of benzene rings is 2. The van der Waals surface area contributed by atoms with E-state index in [4.69, 9.17) is 4.74 Å². The van der Waals surface area contributed by atoms with E-state index in [0.29, 0.717) is 5.69 Å². The fourth-order valence-electron chi connectivity index (χ4n) is 2.22. The van der Waals surface area contributed by atoms with Crippen LogP contribution in [0.4, 0.5) is 5.69 Å². The molecule has 0 spiro atoms. The summed E-state index contributed by atoms with van der Waals surface area (Å²) in [7, 11) is -3.57. The van der Waals surface area contributed by atoms with Crippen molar-refractivity contribution in [2.24, 2.45) is 0 Å². The van der Waals surface area contributed by atoms with Crippen molar-refractivity contribution in [3.63, 3.8) is 0 Å². The van der Waals surface area contributed by atoms with Crippen LogP contribution < -0.4 is 5.32 Å². The fourth-order valence-corrected chi connectivity index (χ4v) is 3.44. The zero-order valence-corrected chi connectivity index (χ0v) is 15.5. The van der Waals surface area contributed by atoms with Crippen LogP contribution in [0, 0.1) is 13.8 Å². The summed E-state index contributed by atoms with van der Waals surface area (Å²) in [6.45, 7) is 3.29. The van der Waals surface area contributed by atoms with Gasteiger partial charge in [-0.05, 0) is 43.7 Å². The molecular weight excluding hydrogens is 354 g/mol. The van der Waals surface area contributed by atoms with E-state index in [-0.39, 0.29) is 17.1 Å². The molecule has 0 fully saturated rings. The second-order valence-electron chi connectivity index (χ2n) is 5.96. The third-order valence-corrected chi connectivity index (χ3v) is 5.35. The largest absolute Gasteiger partial charge is 0.456 e. The van der Waals surface area contributed by atoms with E-state index in [1.165, 1.54) is 12.1 Å². The van der Waals surface area contributed by atoms with E-state index in [1.54, 1.807) is 30.3 Å². The van der Waals surface area contributed by atoms with E-state index >= 15 is 0 Å². The minimum Gasteiger partial charge on any atom is -0.456 e. The quantitative estimate of drug-likeness (QED) is 0.752. The molecule has 2 aromatic rings. The van der Waals surface area contributed by atoms with Gasteiger partial charge in [0.2, 0.25) is 0 Å². The Bertz CT molecular complexity index is 888. The number of carbonyl (C=O) groups excluding carboxylic acids is 2. The van der Waals surface area contributed by atoms with E-state index in [1.807, 2.05) is 19.9 Å². The van der Waals surface area contributed by atoms with Crippen LogP contribution in [-0.4, -0.2) is 32.7 Å². The van der Waals surface area contributed by atoms with Gasteiger partial charge in [0.1, 0.15) is 0 Å². The van der Waals surface area contributed by atoms with Gasteiger partial charge in [-0.15, -0.1) is 0 Å². The molecule has 0 bridgehead atoms. The summed E-state index contributed by atoms with van der Waals surface area (Å²) < 4.78 is 29.2. The van der Waals surface area contributed by atoms with Crippen molar-refractivity contribution in [3.8, 4) is 0 Å². The number of rotatable bonds is 7. The smallest absolute Gasteiger partial charge is 0.307 e. The molecule has 2 rings (SSSR count). The first-order valence-electron chi connectivity index (χ1n) is 8.08. The number of amides is 1. The number of nitrogens with one attached hydrogen (secondary N) is 1. The molecule has 138 valence electrons. The standard InChI is InChI=1S/C19H21NO5S/c1-14-6-8-17(9-7-14)26(23,24)11-10-19(22)25-13-18(21)20-16-5-3-4-15(2)12-16/h3-9,12H,10-11,13H2,1-2H3,(H,20,21). The maximum atomic E-state index is 12.2. The Balaban J connectivity index is 1.79. The molecule has 0 radical (unpaired) electrons. The lowest BCUT2D eigenvalue weighted by molar-refractivity contribution is -0.146. The van der Waals surface area contributed by atoms with Crippen molar-refractivity contribution in [2.45, 2.75) is 25.2 Å². The summed E-state index contributed by atoms with van der Waals surface area (Å²) in [6, 6.07) is 13.6. The maximum absolute atomic E-state index is 12.2. The topological polar surface area (TPSA) is 89.5 Å². The molecule has 0 saturated heterocycles. The van der Waals surface area contributed by atoms with Crippen LogP contribution in [0.25, 0.3) is 0 Å². The van der Waals surface area contributed by atoms with Gasteiger partial charge < -0.3 is 10.1 Å². The van der Waals surface area contributed by atoms with Gasteiger partial charge in [-0.1, -0.05) is 29.8 Å². The summed E-state index contributed by atoms with van der Waals surface area (Å²) >= 11 is 0. The second-order valence-corrected chi connectivity index (χ2v) is 8.07. The third kappa shape index (κ3) is 6.00. The van der Waals surface area contributed by atoms with Gasteiger partial charge >= 0.3 is 5.97 Å². The molecule has 0 aliphatic rings. The normalized spacial score (nSPS) is 11.0. The molecule has 1 amide bonds. The van der Waals surface area contributed by atoms with Crippen molar-refractivity contribution in [3.05, 3.63) is 59.7 Å². The highest BCUT2D eigenvalue weighted by Crippen LogP contribution is 2.13. The minimum atomic E-state index is -3.57. The Labute approximate surface area is 153 Å². The van der Waals surface area contributed by atoms with Crippen molar-refractivity contribution < 1.29 is 22.7 Å². The third-order valence-electron chi connectivity index (χ3n) is 3.62. The monoisotopic (exact) mass is 375 g/mol. The number of carbonyl (C=O) groups is 2. The Morgan fingerprint density at radius 1 is 1.00 bits per heavy atom. The Morgan fingerprint density at radius 3 is 2.35 bits per heavy atom. The van der Waals surface area contributed by atoms with Crippen molar-refractivity contribution >= 4 is 27.4 Å². The zero-order valence-electron chi connectivity index (χ0n) is 14.7. The molecule has 0 aliphatic heterocycles. The van der Waals surface area contributed by atoms with Crippen LogP contribution in [0.15, 0.2) is 53.4 Å². The predicted octanol–water partition coefficient (Wildman–Crippen LogP) is 2.65. The molecule has 0 heterocycles. The SMILES string of the molecule is Cc1ccc(S(=O)(=O)CCC(=O)OCC(=O)Nc2cccc(C)c2)cc1. The molecule has 0 unspecified atom stereocenters. The van der Waals surface area contributed by atoms with E-state index < -0.39 is 28.3 Å². The van der Waals surface area contributed by atoms with Gasteiger partial charge in [0.05, 0.1) is 17.1 Å². The summed E-state index contributed by atoms with van der Waals surface area (Å²) in [5, 5.41) is 2.61. The summed E-state index contributed by atoms with van der Waals surface area (Å²) in [6.07, 6.45) is -0.312. The van der Waals surface area contributed by atoms with Crippen molar-refractivity contribution in [1.82, 2.24) is 0 Å². The lowest BCUT2D eigenvalue weighted by atomic mass is 10.2. The number of aryl methyl sites for hydroxylation is 2. The predicted molar refractivity (Wildman–Crippen MR) is 98.6 cm³/mol. The first kappa shape index (κ1) is 19.7. The maximum Gasteiger partial charge on any atom is 0.307 e. The first-order chi connectivity index (χ1) is 12.3. The van der Waals surface area contributed by atoms with Crippen LogP contribution in [0.2, 0.25) is 0 Å². The number of anilines is 1. The Kier molecular flexibility index (Phi) is 6.52. The Morgan fingerprint density at radius 2 is 1.69 bits per heavy atom. The number of ether oxygens (including phenoxy) is 1. The first-order valence-corrected chi connectivity index (χ1v) is 9.73. The van der Waals surface area contributed by atoms with Crippen LogP contribution >= 0.6 is 0 Å². The van der Waals surface area contributed by atoms with E-state index in [0.717, 1.165) is 11.1 Å².